The van der Waals surface area contributed by atoms with E-state index in [1.165, 1.54) is 0 Å². The Kier molecular flexibility index (Phi) is 5.58. The van der Waals surface area contributed by atoms with Crippen LogP contribution in [-0.4, -0.2) is 26.9 Å². The van der Waals surface area contributed by atoms with Crippen molar-refractivity contribution in [1.29, 1.82) is 0 Å². The number of benzene rings is 1. The first-order valence-electron chi connectivity index (χ1n) is 6.79. The van der Waals surface area contributed by atoms with Crippen molar-refractivity contribution in [3.05, 3.63) is 22.7 Å². The molecule has 0 radical (unpaired) electrons. The first-order valence-corrected chi connectivity index (χ1v) is 8.08. The van der Waals surface area contributed by atoms with Crippen molar-refractivity contribution >= 4 is 27.5 Å². The van der Waals surface area contributed by atoms with Crippen LogP contribution in [0.15, 0.2) is 12.1 Å². The fourth-order valence-electron chi connectivity index (χ4n) is 2.73. The van der Waals surface area contributed by atoms with Gasteiger partial charge in [-0.15, -0.1) is 0 Å². The van der Waals surface area contributed by atoms with E-state index in [0.717, 1.165) is 25.0 Å². The lowest BCUT2D eigenvalue weighted by Crippen LogP contribution is -2.19. The lowest BCUT2D eigenvalue weighted by Gasteiger charge is -2.24. The van der Waals surface area contributed by atoms with Gasteiger partial charge in [0.05, 0.1) is 20.3 Å². The average Bonchev–Trinajstić information content (AvgIpc) is 2.94. The maximum atomic E-state index is 6.39. The van der Waals surface area contributed by atoms with E-state index in [-0.39, 0.29) is 10.9 Å². The number of halogens is 2. The summed E-state index contributed by atoms with van der Waals surface area (Å²) in [5.74, 6) is 1.77. The zero-order valence-corrected chi connectivity index (χ0v) is 14.3. The van der Waals surface area contributed by atoms with Gasteiger partial charge in [-0.2, -0.15) is 0 Å². The van der Waals surface area contributed by atoms with E-state index in [9.17, 15) is 0 Å². The zero-order valence-electron chi connectivity index (χ0n) is 12.0. The second-order valence-electron chi connectivity index (χ2n) is 4.90. The molecule has 3 unspecified atom stereocenters. The molecule has 1 fully saturated rings. The maximum absolute atomic E-state index is 6.39. The molecule has 3 atom stereocenters. The van der Waals surface area contributed by atoms with Crippen LogP contribution in [0.3, 0.4) is 0 Å². The third-order valence-electron chi connectivity index (χ3n) is 3.84. The van der Waals surface area contributed by atoms with Gasteiger partial charge in [0.1, 0.15) is 0 Å². The molecular weight excluding hydrogens is 344 g/mol. The predicted octanol–water partition coefficient (Wildman–Crippen LogP) is 4.61. The van der Waals surface area contributed by atoms with Crippen LogP contribution in [0.4, 0.5) is 0 Å². The van der Waals surface area contributed by atoms with Crippen LogP contribution in [0.2, 0.25) is 5.02 Å². The SMILES string of the molecule is CCC1OCCC1C(Br)c1cc(OC)c(OC)cc1Cl. The summed E-state index contributed by atoms with van der Waals surface area (Å²) in [6.45, 7) is 2.97. The van der Waals surface area contributed by atoms with E-state index in [0.29, 0.717) is 22.4 Å². The average molecular weight is 364 g/mol. The van der Waals surface area contributed by atoms with Crippen molar-refractivity contribution in [1.82, 2.24) is 0 Å². The highest BCUT2D eigenvalue weighted by molar-refractivity contribution is 9.09. The van der Waals surface area contributed by atoms with Crippen LogP contribution < -0.4 is 9.47 Å². The number of methoxy groups -OCH3 is 2. The normalized spacial score (nSPS) is 23.6. The Morgan fingerprint density at radius 1 is 1.35 bits per heavy atom. The zero-order chi connectivity index (χ0) is 14.7. The molecule has 1 saturated heterocycles. The summed E-state index contributed by atoms with van der Waals surface area (Å²) in [5, 5.41) is 0.686. The number of ether oxygens (including phenoxy) is 3. The first-order chi connectivity index (χ1) is 9.62. The van der Waals surface area contributed by atoms with Gasteiger partial charge in [0.25, 0.3) is 0 Å². The maximum Gasteiger partial charge on any atom is 0.162 e. The van der Waals surface area contributed by atoms with Crippen LogP contribution >= 0.6 is 27.5 Å². The molecule has 1 aliphatic rings. The second kappa shape index (κ2) is 7.01. The molecular formula is C15H20BrClO3. The van der Waals surface area contributed by atoms with Gasteiger partial charge in [0.2, 0.25) is 0 Å². The molecule has 0 saturated carbocycles. The molecule has 5 heteroatoms. The largest absolute Gasteiger partial charge is 0.493 e. The number of hydrogen-bond acceptors (Lipinski definition) is 3. The highest BCUT2D eigenvalue weighted by Gasteiger charge is 2.34. The smallest absolute Gasteiger partial charge is 0.162 e. The van der Waals surface area contributed by atoms with Gasteiger partial charge in [0, 0.05) is 28.4 Å². The van der Waals surface area contributed by atoms with E-state index in [1.807, 2.05) is 6.07 Å². The summed E-state index contributed by atoms with van der Waals surface area (Å²) in [6.07, 6.45) is 2.33. The quantitative estimate of drug-likeness (QED) is 0.715. The van der Waals surface area contributed by atoms with Crippen LogP contribution in [0.1, 0.15) is 30.2 Å². The van der Waals surface area contributed by atoms with Gasteiger partial charge in [0.15, 0.2) is 11.5 Å². The molecule has 1 aromatic carbocycles. The molecule has 3 nitrogen and oxygen atoms in total. The van der Waals surface area contributed by atoms with Crippen molar-refractivity contribution in [3.8, 4) is 11.5 Å². The van der Waals surface area contributed by atoms with Crippen LogP contribution in [-0.2, 0) is 4.74 Å². The lowest BCUT2D eigenvalue weighted by atomic mass is 9.91. The molecule has 2 rings (SSSR count). The fraction of sp³-hybridized carbons (Fsp3) is 0.600. The third-order valence-corrected chi connectivity index (χ3v) is 5.34. The minimum absolute atomic E-state index is 0.155. The minimum Gasteiger partial charge on any atom is -0.493 e. The molecule has 0 aliphatic carbocycles. The Morgan fingerprint density at radius 3 is 2.60 bits per heavy atom. The van der Waals surface area contributed by atoms with Crippen molar-refractivity contribution in [3.63, 3.8) is 0 Å². The van der Waals surface area contributed by atoms with Crippen molar-refractivity contribution in [2.75, 3.05) is 20.8 Å². The van der Waals surface area contributed by atoms with Gasteiger partial charge in [-0.3, -0.25) is 0 Å². The number of rotatable bonds is 5. The topological polar surface area (TPSA) is 27.7 Å². The van der Waals surface area contributed by atoms with Gasteiger partial charge in [-0.1, -0.05) is 34.5 Å². The Labute approximate surface area is 133 Å². The van der Waals surface area contributed by atoms with Crippen molar-refractivity contribution in [2.45, 2.75) is 30.7 Å². The van der Waals surface area contributed by atoms with Crippen molar-refractivity contribution in [2.24, 2.45) is 5.92 Å². The summed E-state index contributed by atoms with van der Waals surface area (Å²) in [4.78, 5) is 0.155. The van der Waals surface area contributed by atoms with Gasteiger partial charge < -0.3 is 14.2 Å². The number of alkyl halides is 1. The van der Waals surface area contributed by atoms with Crippen LogP contribution in [0, 0.1) is 5.92 Å². The molecule has 112 valence electrons. The Bertz CT molecular complexity index is 467. The van der Waals surface area contributed by atoms with Gasteiger partial charge >= 0.3 is 0 Å². The molecule has 0 aromatic heterocycles. The van der Waals surface area contributed by atoms with E-state index in [2.05, 4.69) is 22.9 Å². The molecule has 1 heterocycles. The Balaban J connectivity index is 2.31. The number of hydrogen-bond donors (Lipinski definition) is 0. The molecule has 0 spiro atoms. The second-order valence-corrected chi connectivity index (χ2v) is 6.29. The van der Waals surface area contributed by atoms with Crippen molar-refractivity contribution < 1.29 is 14.2 Å². The summed E-state index contributed by atoms with van der Waals surface area (Å²) in [5.41, 5.74) is 1.03. The fourth-order valence-corrected chi connectivity index (χ4v) is 4.12. The lowest BCUT2D eigenvalue weighted by molar-refractivity contribution is 0.0872. The highest BCUT2D eigenvalue weighted by Crippen LogP contribution is 2.45. The monoisotopic (exact) mass is 362 g/mol. The summed E-state index contributed by atoms with van der Waals surface area (Å²) in [7, 11) is 3.24. The summed E-state index contributed by atoms with van der Waals surface area (Å²) >= 11 is 10.2. The Hall–Kier alpha value is -0.450. The van der Waals surface area contributed by atoms with Crippen LogP contribution in [0.25, 0.3) is 0 Å². The molecule has 1 aliphatic heterocycles. The van der Waals surface area contributed by atoms with Gasteiger partial charge in [-0.25, -0.2) is 0 Å². The van der Waals surface area contributed by atoms with E-state index >= 15 is 0 Å². The summed E-state index contributed by atoms with van der Waals surface area (Å²) in [6, 6.07) is 3.76. The molecule has 20 heavy (non-hydrogen) atoms. The third kappa shape index (κ3) is 3.07. The molecule has 0 bridgehead atoms. The molecule has 0 amide bonds. The standard InChI is InChI=1S/C15H20BrClO3/c1-4-12-9(5-6-20-12)15(16)10-7-13(18-2)14(19-3)8-11(10)17/h7-9,12,15H,4-6H2,1-3H3. The van der Waals surface area contributed by atoms with E-state index in [1.54, 1.807) is 20.3 Å². The van der Waals surface area contributed by atoms with E-state index < -0.39 is 0 Å². The van der Waals surface area contributed by atoms with E-state index in [4.69, 9.17) is 25.8 Å². The Morgan fingerprint density at radius 2 is 2.00 bits per heavy atom. The minimum atomic E-state index is 0.155. The first kappa shape index (κ1) is 15.9. The molecule has 0 N–H and O–H groups in total. The van der Waals surface area contributed by atoms with Gasteiger partial charge in [-0.05, 0) is 24.5 Å². The predicted molar refractivity (Wildman–Crippen MR) is 84.4 cm³/mol. The van der Waals surface area contributed by atoms with Crippen LogP contribution in [0.5, 0.6) is 11.5 Å². The highest BCUT2D eigenvalue weighted by atomic mass is 79.9. The summed E-state index contributed by atoms with van der Waals surface area (Å²) < 4.78 is 16.4. The molecule has 1 aromatic rings.